The van der Waals surface area contributed by atoms with Gasteiger partial charge in [-0.2, -0.15) is 0 Å². The fourth-order valence-electron chi connectivity index (χ4n) is 4.77. The summed E-state index contributed by atoms with van der Waals surface area (Å²) in [6.45, 7) is 6.71. The molecular formula is C27H39ClN4O5S. The Morgan fingerprint density at radius 3 is 2.34 bits per heavy atom. The molecule has 1 fully saturated rings. The molecule has 1 aromatic heterocycles. The molecule has 0 spiro atoms. The average molecular weight is 567 g/mol. The molecule has 3 rings (SSSR count). The number of anilines is 1. The Bertz CT molecular complexity index is 1130. The first-order valence-corrected chi connectivity index (χ1v) is 14.7. The molecule has 9 nitrogen and oxygen atoms in total. The molecule has 1 aliphatic rings. The Morgan fingerprint density at radius 2 is 1.74 bits per heavy atom. The molecule has 0 atom stereocenters. The van der Waals surface area contributed by atoms with E-state index in [1.165, 1.54) is 5.69 Å². The van der Waals surface area contributed by atoms with Crippen LogP contribution in [0.3, 0.4) is 0 Å². The fraction of sp³-hybridized carbons (Fsp3) is 0.556. The molecule has 1 amide bonds. The first-order chi connectivity index (χ1) is 18.1. The van der Waals surface area contributed by atoms with E-state index < -0.39 is 10.0 Å². The normalized spacial score (nSPS) is 14.6. The number of ether oxygens (including phenoxy) is 2. The van der Waals surface area contributed by atoms with Crippen molar-refractivity contribution in [2.24, 2.45) is 5.92 Å². The van der Waals surface area contributed by atoms with Crippen LogP contribution in [0.4, 0.5) is 5.69 Å². The molecule has 1 aliphatic heterocycles. The zero-order valence-electron chi connectivity index (χ0n) is 22.7. The van der Waals surface area contributed by atoms with E-state index in [2.05, 4.69) is 9.88 Å². The quantitative estimate of drug-likeness (QED) is 0.267. The molecule has 2 heterocycles. The molecule has 0 radical (unpaired) electrons. The Hall–Kier alpha value is -2.40. The third-order valence-electron chi connectivity index (χ3n) is 6.95. The van der Waals surface area contributed by atoms with Gasteiger partial charge in [0.15, 0.2) is 0 Å². The van der Waals surface area contributed by atoms with Gasteiger partial charge in [-0.3, -0.25) is 9.78 Å². The highest BCUT2D eigenvalue weighted by molar-refractivity contribution is 7.90. The highest BCUT2D eigenvalue weighted by Gasteiger charge is 2.28. The first-order valence-electron chi connectivity index (χ1n) is 12.9. The van der Waals surface area contributed by atoms with Crippen LogP contribution in [0.5, 0.6) is 5.75 Å². The largest absolute Gasteiger partial charge is 0.491 e. The van der Waals surface area contributed by atoms with Gasteiger partial charge in [-0.25, -0.2) is 8.42 Å². The lowest BCUT2D eigenvalue weighted by Crippen LogP contribution is -2.36. The van der Waals surface area contributed by atoms with Gasteiger partial charge in [0.1, 0.15) is 12.4 Å². The topological polar surface area (TPSA) is 92.3 Å². The summed E-state index contributed by atoms with van der Waals surface area (Å²) in [5, 5.41) is 0. The summed E-state index contributed by atoms with van der Waals surface area (Å²) < 4.78 is 37.7. The molecule has 2 aromatic rings. The zero-order valence-corrected chi connectivity index (χ0v) is 24.3. The van der Waals surface area contributed by atoms with Crippen LogP contribution in [0.1, 0.15) is 36.8 Å². The van der Waals surface area contributed by atoms with E-state index >= 15 is 0 Å². The van der Waals surface area contributed by atoms with E-state index in [-0.39, 0.29) is 23.8 Å². The summed E-state index contributed by atoms with van der Waals surface area (Å²) in [5.74, 6) is 0.994. The van der Waals surface area contributed by atoms with Crippen LogP contribution in [-0.4, -0.2) is 81.6 Å². The van der Waals surface area contributed by atoms with E-state index in [0.29, 0.717) is 42.6 Å². The van der Waals surface area contributed by atoms with E-state index in [0.717, 1.165) is 36.2 Å². The van der Waals surface area contributed by atoms with Gasteiger partial charge in [0, 0.05) is 64.8 Å². The summed E-state index contributed by atoms with van der Waals surface area (Å²) in [5.41, 5.74) is 2.26. The van der Waals surface area contributed by atoms with Gasteiger partial charge in [-0.15, -0.1) is 3.82 Å². The van der Waals surface area contributed by atoms with Crippen molar-refractivity contribution < 1.29 is 22.7 Å². The van der Waals surface area contributed by atoms with E-state index in [4.69, 9.17) is 21.3 Å². The number of carbonyl (C=O) groups excluding carboxylic acids is 1. The van der Waals surface area contributed by atoms with Crippen LogP contribution < -0.4 is 9.64 Å². The summed E-state index contributed by atoms with van der Waals surface area (Å²) in [6.07, 6.45) is 6.71. The van der Waals surface area contributed by atoms with Crippen molar-refractivity contribution in [3.63, 3.8) is 0 Å². The van der Waals surface area contributed by atoms with Crippen molar-refractivity contribution in [3.8, 4) is 5.75 Å². The van der Waals surface area contributed by atoms with Crippen LogP contribution in [-0.2, 0) is 19.6 Å². The van der Waals surface area contributed by atoms with Crippen molar-refractivity contribution in [3.05, 3.63) is 47.8 Å². The number of methoxy groups -OCH3 is 1. The molecule has 0 bridgehead atoms. The zero-order chi connectivity index (χ0) is 27.7. The smallest absolute Gasteiger partial charge is 0.256 e. The van der Waals surface area contributed by atoms with Crippen molar-refractivity contribution in [2.45, 2.75) is 44.4 Å². The highest BCUT2D eigenvalue weighted by atomic mass is 35.5. The Labute approximate surface area is 231 Å². The number of halogens is 1. The van der Waals surface area contributed by atoms with Gasteiger partial charge >= 0.3 is 0 Å². The minimum Gasteiger partial charge on any atom is -0.491 e. The van der Waals surface area contributed by atoms with Crippen LogP contribution in [0, 0.1) is 19.8 Å². The number of hydrogen-bond acceptors (Lipinski definition) is 7. The van der Waals surface area contributed by atoms with E-state index in [9.17, 15) is 13.2 Å². The van der Waals surface area contributed by atoms with Crippen LogP contribution in [0.15, 0.2) is 41.6 Å². The maximum Gasteiger partial charge on any atom is 0.256 e. The Balaban J connectivity index is 1.46. The molecule has 1 aromatic carbocycles. The first kappa shape index (κ1) is 30.1. The maximum atomic E-state index is 13.2. The van der Waals surface area contributed by atoms with Gasteiger partial charge in [0.05, 0.1) is 11.5 Å². The monoisotopic (exact) mass is 566 g/mol. The predicted octanol–water partition coefficient (Wildman–Crippen LogP) is 4.02. The number of rotatable bonds is 13. The molecule has 0 saturated carbocycles. The summed E-state index contributed by atoms with van der Waals surface area (Å²) in [7, 11) is -0.635. The molecule has 0 aliphatic carbocycles. The summed E-state index contributed by atoms with van der Waals surface area (Å²) in [6, 6.07) is 7.40. The molecular weight excluding hydrogens is 528 g/mol. The maximum absolute atomic E-state index is 13.2. The SMILES string of the molecule is COCCOc1cc(C)c(S(=O)(=O)N(Cl)CCC(=O)N(C)CCC2CCN(c3ccncc3)CC2)c(C)c1. The van der Waals surface area contributed by atoms with Crippen LogP contribution in [0.25, 0.3) is 0 Å². The van der Waals surface area contributed by atoms with Crippen LogP contribution >= 0.6 is 11.8 Å². The number of sulfonamides is 1. The minimum atomic E-state index is -3.98. The average Bonchev–Trinajstić information content (AvgIpc) is 2.90. The van der Waals surface area contributed by atoms with E-state index in [1.807, 2.05) is 24.5 Å². The number of benzene rings is 1. The van der Waals surface area contributed by atoms with Crippen molar-refractivity contribution in [2.75, 3.05) is 58.5 Å². The number of amides is 1. The Kier molecular flexibility index (Phi) is 11.2. The second-order valence-electron chi connectivity index (χ2n) is 9.73. The second kappa shape index (κ2) is 14.1. The third-order valence-corrected chi connectivity index (χ3v) is 9.53. The number of piperidine rings is 1. The van der Waals surface area contributed by atoms with Crippen molar-refractivity contribution in [1.29, 1.82) is 0 Å². The number of aryl methyl sites for hydroxylation is 2. The van der Waals surface area contributed by atoms with Gasteiger partial charge in [-0.1, -0.05) is 0 Å². The highest BCUT2D eigenvalue weighted by Crippen LogP contribution is 2.29. The molecule has 210 valence electrons. The van der Waals surface area contributed by atoms with Gasteiger partial charge in [-0.05, 0) is 86.2 Å². The second-order valence-corrected chi connectivity index (χ2v) is 12.1. The van der Waals surface area contributed by atoms with E-state index in [1.54, 1.807) is 45.0 Å². The number of pyridine rings is 1. The molecule has 38 heavy (non-hydrogen) atoms. The van der Waals surface area contributed by atoms with Gasteiger partial charge in [0.2, 0.25) is 5.91 Å². The Morgan fingerprint density at radius 1 is 1.11 bits per heavy atom. The lowest BCUT2D eigenvalue weighted by atomic mass is 9.93. The molecule has 0 unspecified atom stereocenters. The molecule has 11 heteroatoms. The number of nitrogens with zero attached hydrogens (tertiary/aromatic N) is 4. The van der Waals surface area contributed by atoms with Crippen molar-refractivity contribution in [1.82, 2.24) is 13.7 Å². The predicted molar refractivity (Wildman–Crippen MR) is 149 cm³/mol. The minimum absolute atomic E-state index is 0.00995. The summed E-state index contributed by atoms with van der Waals surface area (Å²) in [4.78, 5) is 21.0. The lowest BCUT2D eigenvalue weighted by molar-refractivity contribution is -0.130. The molecule has 1 saturated heterocycles. The fourth-order valence-corrected chi connectivity index (χ4v) is 6.53. The number of aromatic nitrogens is 1. The number of hydrogen-bond donors (Lipinski definition) is 0. The standard InChI is InChI=1S/C27H39ClN4O5S/c1-21-19-25(37-18-17-36-4)20-22(2)27(21)38(34,35)32(28)16-10-26(33)30(3)13-7-23-8-14-31(15-9-23)24-5-11-29-12-6-24/h5-6,11-12,19-20,23H,7-10,13-18H2,1-4H3. The summed E-state index contributed by atoms with van der Waals surface area (Å²) >= 11 is 6.22. The van der Waals surface area contributed by atoms with Crippen molar-refractivity contribution >= 4 is 33.4 Å². The van der Waals surface area contributed by atoms with Crippen LogP contribution in [0.2, 0.25) is 0 Å². The lowest BCUT2D eigenvalue weighted by Gasteiger charge is -2.34. The number of carbonyl (C=O) groups is 1. The molecule has 0 N–H and O–H groups in total. The van der Waals surface area contributed by atoms with Gasteiger partial charge < -0.3 is 19.3 Å². The van der Waals surface area contributed by atoms with Gasteiger partial charge in [0.25, 0.3) is 10.0 Å². The third kappa shape index (κ3) is 8.05.